The van der Waals surface area contributed by atoms with Crippen molar-refractivity contribution in [3.05, 3.63) is 30.3 Å². The number of para-hydroxylation sites is 1. The van der Waals surface area contributed by atoms with E-state index < -0.39 is 26.7 Å². The summed E-state index contributed by atoms with van der Waals surface area (Å²) in [5.74, 6) is -1.03. The van der Waals surface area contributed by atoms with Gasteiger partial charge >= 0.3 is 0 Å². The van der Waals surface area contributed by atoms with Crippen LogP contribution >= 0.6 is 0 Å². The molecule has 0 fully saturated rings. The second-order valence-corrected chi connectivity index (χ2v) is 6.53. The number of hydrogen-bond acceptors (Lipinski definition) is 4. The van der Waals surface area contributed by atoms with Gasteiger partial charge in [-0.3, -0.25) is 4.79 Å². The van der Waals surface area contributed by atoms with Crippen LogP contribution in [0.15, 0.2) is 30.3 Å². The number of nitrogens with two attached hydrogens (primary N) is 1. The van der Waals surface area contributed by atoms with Crippen molar-refractivity contribution in [3.63, 3.8) is 0 Å². The van der Waals surface area contributed by atoms with Gasteiger partial charge in [-0.2, -0.15) is 0 Å². The first kappa shape index (κ1) is 14.7. The molecule has 0 saturated carbocycles. The van der Waals surface area contributed by atoms with E-state index in [1.54, 1.807) is 31.2 Å². The molecule has 0 aliphatic heterocycles. The third kappa shape index (κ3) is 4.46. The number of benzene rings is 1. The molecule has 0 bridgehead atoms. The minimum absolute atomic E-state index is 0.292. The summed E-state index contributed by atoms with van der Waals surface area (Å²) in [7, 11) is -3.43. The molecular weight excluding hydrogens is 252 g/mol. The monoisotopic (exact) mass is 270 g/mol. The molecule has 0 aliphatic rings. The van der Waals surface area contributed by atoms with E-state index in [1.165, 1.54) is 0 Å². The van der Waals surface area contributed by atoms with E-state index in [2.05, 4.69) is 5.32 Å². The first-order valence-corrected chi connectivity index (χ1v) is 7.44. The summed E-state index contributed by atoms with van der Waals surface area (Å²) in [6.07, 6.45) is 0.362. The number of carbonyl (C=O) groups is 1. The number of amides is 1. The average Bonchev–Trinajstić information content (AvgIpc) is 2.29. The number of rotatable bonds is 6. The lowest BCUT2D eigenvalue weighted by molar-refractivity contribution is -0.113. The van der Waals surface area contributed by atoms with Gasteiger partial charge in [0.15, 0.2) is 9.84 Å². The lowest BCUT2D eigenvalue weighted by atomic mass is 10.3. The molecule has 1 rings (SSSR count). The van der Waals surface area contributed by atoms with Crippen LogP contribution in [0.1, 0.15) is 13.3 Å². The van der Waals surface area contributed by atoms with Crippen LogP contribution in [0.2, 0.25) is 0 Å². The van der Waals surface area contributed by atoms with Gasteiger partial charge in [-0.15, -0.1) is 0 Å². The highest BCUT2D eigenvalue weighted by atomic mass is 32.2. The Bertz CT molecular complexity index is 485. The van der Waals surface area contributed by atoms with Gasteiger partial charge in [-0.25, -0.2) is 8.42 Å². The normalized spacial score (nSPS) is 13.0. The molecule has 0 radical (unpaired) electrons. The lowest BCUT2D eigenvalue weighted by Gasteiger charge is -2.11. The third-order valence-corrected chi connectivity index (χ3v) is 4.70. The Labute approximate surface area is 107 Å². The van der Waals surface area contributed by atoms with Crippen molar-refractivity contribution >= 4 is 21.4 Å². The van der Waals surface area contributed by atoms with Gasteiger partial charge in [-0.05, 0) is 32.0 Å². The second kappa shape index (κ2) is 6.51. The molecule has 5 nitrogen and oxygen atoms in total. The summed E-state index contributed by atoms with van der Waals surface area (Å²) in [4.78, 5) is 11.6. The maximum Gasteiger partial charge on any atom is 0.239 e. The van der Waals surface area contributed by atoms with Crippen LogP contribution in [0.3, 0.4) is 0 Å². The van der Waals surface area contributed by atoms with Crippen molar-refractivity contribution in [1.29, 1.82) is 0 Å². The fourth-order valence-corrected chi connectivity index (χ4v) is 2.68. The molecule has 3 N–H and O–H groups in total. The average molecular weight is 270 g/mol. The fourth-order valence-electron chi connectivity index (χ4n) is 1.46. The van der Waals surface area contributed by atoms with Crippen LogP contribution in [-0.2, 0) is 14.6 Å². The topological polar surface area (TPSA) is 89.3 Å². The maximum absolute atomic E-state index is 11.8. The number of carbonyl (C=O) groups excluding carboxylic acids is 1. The SMILES string of the molecule is CC(CCN)S(=O)(=O)CC(=O)Nc1ccccc1. The van der Waals surface area contributed by atoms with E-state index in [4.69, 9.17) is 5.73 Å². The van der Waals surface area contributed by atoms with Crippen LogP contribution in [-0.4, -0.2) is 31.9 Å². The van der Waals surface area contributed by atoms with Crippen molar-refractivity contribution in [2.45, 2.75) is 18.6 Å². The highest BCUT2D eigenvalue weighted by Gasteiger charge is 2.23. The summed E-state index contributed by atoms with van der Waals surface area (Å²) in [5.41, 5.74) is 5.90. The van der Waals surface area contributed by atoms with Gasteiger partial charge < -0.3 is 11.1 Å². The molecule has 1 atom stereocenters. The third-order valence-electron chi connectivity index (χ3n) is 2.58. The van der Waals surface area contributed by atoms with Crippen LogP contribution in [0.4, 0.5) is 5.69 Å². The molecule has 1 unspecified atom stereocenters. The van der Waals surface area contributed by atoms with E-state index in [-0.39, 0.29) is 0 Å². The predicted molar refractivity (Wildman–Crippen MR) is 72.0 cm³/mol. The molecule has 1 aromatic rings. The Morgan fingerprint density at radius 3 is 2.50 bits per heavy atom. The van der Waals surface area contributed by atoms with E-state index in [9.17, 15) is 13.2 Å². The van der Waals surface area contributed by atoms with Gasteiger partial charge in [0.1, 0.15) is 5.75 Å². The first-order chi connectivity index (χ1) is 8.45. The van der Waals surface area contributed by atoms with Gasteiger partial charge in [0.25, 0.3) is 0 Å². The standard InChI is InChI=1S/C12H18N2O3S/c1-10(7-8-13)18(16,17)9-12(15)14-11-5-3-2-4-6-11/h2-6,10H,7-9,13H2,1H3,(H,14,15). The van der Waals surface area contributed by atoms with Gasteiger partial charge in [-0.1, -0.05) is 18.2 Å². The number of sulfone groups is 1. The number of hydrogen-bond donors (Lipinski definition) is 2. The first-order valence-electron chi connectivity index (χ1n) is 5.72. The molecule has 0 aromatic heterocycles. The lowest BCUT2D eigenvalue weighted by Crippen LogP contribution is -2.30. The maximum atomic E-state index is 11.8. The minimum Gasteiger partial charge on any atom is -0.330 e. The van der Waals surface area contributed by atoms with Crippen molar-refractivity contribution < 1.29 is 13.2 Å². The fraction of sp³-hybridized carbons (Fsp3) is 0.417. The van der Waals surface area contributed by atoms with Gasteiger partial charge in [0.2, 0.25) is 5.91 Å². The van der Waals surface area contributed by atoms with E-state index >= 15 is 0 Å². The van der Waals surface area contributed by atoms with Gasteiger partial charge in [0, 0.05) is 5.69 Å². The summed E-state index contributed by atoms with van der Waals surface area (Å²) in [6.45, 7) is 1.86. The van der Waals surface area contributed by atoms with Crippen molar-refractivity contribution in [1.82, 2.24) is 0 Å². The minimum atomic E-state index is -3.43. The van der Waals surface area contributed by atoms with Crippen molar-refractivity contribution in [2.75, 3.05) is 17.6 Å². The molecule has 6 heteroatoms. The molecule has 100 valence electrons. The zero-order valence-electron chi connectivity index (χ0n) is 10.3. The Morgan fingerprint density at radius 2 is 1.94 bits per heavy atom. The molecule has 0 spiro atoms. The summed E-state index contributed by atoms with van der Waals surface area (Å²) >= 11 is 0. The zero-order valence-corrected chi connectivity index (χ0v) is 11.1. The Morgan fingerprint density at radius 1 is 1.33 bits per heavy atom. The van der Waals surface area contributed by atoms with Crippen LogP contribution in [0, 0.1) is 0 Å². The predicted octanol–water partition coefficient (Wildman–Crippen LogP) is 0.777. The quantitative estimate of drug-likeness (QED) is 0.799. The second-order valence-electron chi connectivity index (χ2n) is 4.11. The van der Waals surface area contributed by atoms with E-state index in [0.717, 1.165) is 0 Å². The Hall–Kier alpha value is -1.40. The van der Waals surface area contributed by atoms with Crippen LogP contribution < -0.4 is 11.1 Å². The summed E-state index contributed by atoms with van der Waals surface area (Å²) in [6, 6.07) is 8.75. The summed E-state index contributed by atoms with van der Waals surface area (Å²) in [5, 5.41) is 1.95. The molecule has 1 amide bonds. The van der Waals surface area contributed by atoms with Crippen molar-refractivity contribution in [3.8, 4) is 0 Å². The zero-order chi connectivity index (χ0) is 13.6. The molecule has 0 saturated heterocycles. The highest BCUT2D eigenvalue weighted by Crippen LogP contribution is 2.08. The Balaban J connectivity index is 2.60. The van der Waals surface area contributed by atoms with E-state index in [1.807, 2.05) is 6.07 Å². The molecule has 0 heterocycles. The van der Waals surface area contributed by atoms with Crippen molar-refractivity contribution in [2.24, 2.45) is 5.73 Å². The molecular formula is C12H18N2O3S. The van der Waals surface area contributed by atoms with E-state index in [0.29, 0.717) is 18.7 Å². The molecule has 18 heavy (non-hydrogen) atoms. The largest absolute Gasteiger partial charge is 0.330 e. The molecule has 0 aliphatic carbocycles. The van der Waals surface area contributed by atoms with Gasteiger partial charge in [0.05, 0.1) is 5.25 Å². The molecule has 1 aromatic carbocycles. The number of anilines is 1. The smallest absolute Gasteiger partial charge is 0.239 e. The summed E-state index contributed by atoms with van der Waals surface area (Å²) < 4.78 is 23.6. The van der Waals surface area contributed by atoms with Crippen LogP contribution in [0.25, 0.3) is 0 Å². The van der Waals surface area contributed by atoms with Crippen LogP contribution in [0.5, 0.6) is 0 Å². The Kier molecular flexibility index (Phi) is 5.30. The number of nitrogens with one attached hydrogen (secondary N) is 1. The highest BCUT2D eigenvalue weighted by molar-refractivity contribution is 7.92.